The molecule has 0 saturated carbocycles. The standard InChI is InChI=1S/C8H9O.Ti/c1-2-9-8-6-4-3-5-7-8;/h4-7H,2H2,1H3;. The van der Waals surface area contributed by atoms with E-state index in [-0.39, 0.29) is 21.7 Å². The Kier molecular flexibility index (Phi) is 5.37. The number of ether oxygens (including phenoxy) is 1. The van der Waals surface area contributed by atoms with E-state index in [0.717, 1.165) is 12.4 Å². The van der Waals surface area contributed by atoms with Crippen molar-refractivity contribution >= 4 is 0 Å². The molecule has 0 unspecified atom stereocenters. The molecule has 0 fully saturated rings. The first-order chi connectivity index (χ1) is 4.43. The van der Waals surface area contributed by atoms with E-state index in [4.69, 9.17) is 4.74 Å². The van der Waals surface area contributed by atoms with E-state index in [2.05, 4.69) is 6.07 Å². The van der Waals surface area contributed by atoms with Crippen molar-refractivity contribution in [2.45, 2.75) is 6.92 Å². The molecule has 1 nitrogen and oxygen atoms in total. The summed E-state index contributed by atoms with van der Waals surface area (Å²) in [5.41, 5.74) is 0. The Bertz CT molecular complexity index is 162. The Morgan fingerprint density at radius 3 is 2.50 bits per heavy atom. The zero-order valence-corrected chi connectivity index (χ0v) is 7.49. The maximum absolute atomic E-state index is 5.19. The summed E-state index contributed by atoms with van der Waals surface area (Å²) in [5, 5.41) is 0. The van der Waals surface area contributed by atoms with E-state index in [0.29, 0.717) is 0 Å². The summed E-state index contributed by atoms with van der Waals surface area (Å²) in [4.78, 5) is 0. The quantitative estimate of drug-likeness (QED) is 0.614. The normalized spacial score (nSPS) is 8.10. The van der Waals surface area contributed by atoms with Gasteiger partial charge < -0.3 is 4.74 Å². The maximum atomic E-state index is 5.19. The molecule has 0 saturated heterocycles. The summed E-state index contributed by atoms with van der Waals surface area (Å²) >= 11 is 0. The molecule has 0 N–H and O–H groups in total. The summed E-state index contributed by atoms with van der Waals surface area (Å²) in [6, 6.07) is 10.4. The topological polar surface area (TPSA) is 9.23 Å². The molecule has 0 amide bonds. The Hall–Kier alpha value is -0.266. The summed E-state index contributed by atoms with van der Waals surface area (Å²) < 4.78 is 5.19. The van der Waals surface area contributed by atoms with Crippen molar-refractivity contribution in [2.75, 3.05) is 6.61 Å². The van der Waals surface area contributed by atoms with E-state index in [1.54, 1.807) is 0 Å². The number of hydrogen-bond acceptors (Lipinski definition) is 1. The minimum Gasteiger partial charge on any atom is -0.494 e. The zero-order valence-electron chi connectivity index (χ0n) is 5.92. The molecule has 10 heavy (non-hydrogen) atoms. The van der Waals surface area contributed by atoms with Crippen molar-refractivity contribution < 1.29 is 26.5 Å². The second kappa shape index (κ2) is 5.51. The van der Waals surface area contributed by atoms with E-state index < -0.39 is 0 Å². The second-order valence-electron chi connectivity index (χ2n) is 1.67. The van der Waals surface area contributed by atoms with Crippen LogP contribution in [0.5, 0.6) is 5.75 Å². The molecule has 0 heterocycles. The van der Waals surface area contributed by atoms with E-state index in [1.807, 2.05) is 31.2 Å². The number of benzene rings is 1. The van der Waals surface area contributed by atoms with Crippen molar-refractivity contribution in [1.82, 2.24) is 0 Å². The van der Waals surface area contributed by atoms with Crippen molar-refractivity contribution in [3.05, 3.63) is 30.3 Å². The van der Waals surface area contributed by atoms with Gasteiger partial charge >= 0.3 is 0 Å². The van der Waals surface area contributed by atoms with Crippen LogP contribution in [0, 0.1) is 6.07 Å². The summed E-state index contributed by atoms with van der Waals surface area (Å²) in [7, 11) is 0. The van der Waals surface area contributed by atoms with Gasteiger partial charge in [-0.2, -0.15) is 0 Å². The van der Waals surface area contributed by atoms with Gasteiger partial charge in [0.1, 0.15) is 5.75 Å². The van der Waals surface area contributed by atoms with Crippen molar-refractivity contribution in [3.63, 3.8) is 0 Å². The molecule has 0 spiro atoms. The van der Waals surface area contributed by atoms with Crippen LogP contribution in [0.4, 0.5) is 0 Å². The fourth-order valence-corrected chi connectivity index (χ4v) is 0.634. The van der Waals surface area contributed by atoms with Gasteiger partial charge in [0.15, 0.2) is 0 Å². The third-order valence-corrected chi connectivity index (χ3v) is 0.999. The Morgan fingerprint density at radius 1 is 1.40 bits per heavy atom. The van der Waals surface area contributed by atoms with Gasteiger partial charge in [-0.25, -0.2) is 0 Å². The van der Waals surface area contributed by atoms with Crippen molar-refractivity contribution in [2.24, 2.45) is 0 Å². The molecule has 0 aromatic heterocycles. The van der Waals surface area contributed by atoms with Crippen molar-refractivity contribution in [1.29, 1.82) is 0 Å². The van der Waals surface area contributed by atoms with Crippen LogP contribution in [0.25, 0.3) is 0 Å². The van der Waals surface area contributed by atoms with Gasteiger partial charge in [-0.15, -0.1) is 0 Å². The Labute approximate surface area is 76.3 Å². The molecule has 0 aliphatic carbocycles. The average Bonchev–Trinajstić information content (AvgIpc) is 1.91. The molecule has 1 radical (unpaired) electrons. The van der Waals surface area contributed by atoms with Crippen LogP contribution in [0.1, 0.15) is 6.92 Å². The molecule has 1 aromatic carbocycles. The van der Waals surface area contributed by atoms with E-state index >= 15 is 0 Å². The minimum absolute atomic E-state index is 0. The molecule has 1 rings (SSSR count). The smallest absolute Gasteiger partial charge is 0.119 e. The third kappa shape index (κ3) is 3.04. The third-order valence-electron chi connectivity index (χ3n) is 0.999. The Balaban J connectivity index is 0.000000810. The van der Waals surface area contributed by atoms with Crippen LogP contribution in [0.15, 0.2) is 24.3 Å². The molecule has 0 aliphatic rings. The molecular formula is C8H9OTi. The summed E-state index contributed by atoms with van der Waals surface area (Å²) in [6.45, 7) is 2.70. The van der Waals surface area contributed by atoms with Crippen LogP contribution in [0.3, 0.4) is 0 Å². The first kappa shape index (κ1) is 9.73. The Morgan fingerprint density at radius 2 is 2.00 bits per heavy atom. The van der Waals surface area contributed by atoms with E-state index in [9.17, 15) is 0 Å². The van der Waals surface area contributed by atoms with Crippen LogP contribution in [0.2, 0.25) is 0 Å². The van der Waals surface area contributed by atoms with Gasteiger partial charge in [0.2, 0.25) is 0 Å². The number of hydrogen-bond donors (Lipinski definition) is 0. The molecule has 0 bridgehead atoms. The monoisotopic (exact) mass is 169 g/mol. The minimum atomic E-state index is 0. The van der Waals surface area contributed by atoms with Crippen molar-refractivity contribution in [3.8, 4) is 5.75 Å². The zero-order chi connectivity index (χ0) is 6.53. The van der Waals surface area contributed by atoms with Crippen LogP contribution < -0.4 is 4.74 Å². The van der Waals surface area contributed by atoms with Crippen LogP contribution >= 0.6 is 0 Å². The number of rotatable bonds is 2. The van der Waals surface area contributed by atoms with Gasteiger partial charge in [-0.05, 0) is 25.1 Å². The van der Waals surface area contributed by atoms with Gasteiger partial charge in [0, 0.05) is 21.7 Å². The molecule has 0 atom stereocenters. The fraction of sp³-hybridized carbons (Fsp3) is 0.250. The molecule has 0 aliphatic heterocycles. The largest absolute Gasteiger partial charge is 0.494 e. The molecular weight excluding hydrogens is 160 g/mol. The molecule has 1 aromatic rings. The van der Waals surface area contributed by atoms with Crippen LogP contribution in [-0.4, -0.2) is 6.61 Å². The van der Waals surface area contributed by atoms with Gasteiger partial charge in [-0.3, -0.25) is 0 Å². The van der Waals surface area contributed by atoms with Crippen LogP contribution in [-0.2, 0) is 21.7 Å². The van der Waals surface area contributed by atoms with E-state index in [1.165, 1.54) is 0 Å². The second-order valence-corrected chi connectivity index (χ2v) is 1.67. The average molecular weight is 169 g/mol. The predicted octanol–water partition coefficient (Wildman–Crippen LogP) is 1.88. The van der Waals surface area contributed by atoms with Gasteiger partial charge in [0.05, 0.1) is 6.61 Å². The van der Waals surface area contributed by atoms with Gasteiger partial charge in [0.25, 0.3) is 0 Å². The first-order valence-corrected chi connectivity index (χ1v) is 3.02. The first-order valence-electron chi connectivity index (χ1n) is 3.02. The SMILES string of the molecule is CCOc1cc[c]cc1.[Ti]. The molecule has 51 valence electrons. The summed E-state index contributed by atoms with van der Waals surface area (Å²) in [5.74, 6) is 0.913. The summed E-state index contributed by atoms with van der Waals surface area (Å²) in [6.07, 6.45) is 0. The maximum Gasteiger partial charge on any atom is 0.119 e. The predicted molar refractivity (Wildman–Crippen MR) is 36.4 cm³/mol. The molecule has 2 heteroatoms. The fourth-order valence-electron chi connectivity index (χ4n) is 0.634. The van der Waals surface area contributed by atoms with Gasteiger partial charge in [-0.1, -0.05) is 12.1 Å².